The molecule has 0 bridgehead atoms. The highest BCUT2D eigenvalue weighted by molar-refractivity contribution is 5.91. The van der Waals surface area contributed by atoms with E-state index in [1.165, 1.54) is 5.56 Å². The molecule has 3 aromatic rings. The van der Waals surface area contributed by atoms with E-state index in [9.17, 15) is 4.79 Å². The number of carbonyl (C=O) groups is 1. The first kappa shape index (κ1) is 19.5. The molecule has 0 heterocycles. The molecule has 0 saturated carbocycles. The molecular formula is C24H26N2O2. The molecule has 144 valence electrons. The van der Waals surface area contributed by atoms with Crippen molar-refractivity contribution in [2.45, 2.75) is 26.8 Å². The smallest absolute Gasteiger partial charge is 0.223 e. The minimum Gasteiger partial charge on any atom is -0.455 e. The predicted octanol–water partition coefficient (Wildman–Crippen LogP) is 5.64. The lowest BCUT2D eigenvalue weighted by Gasteiger charge is -2.20. The Kier molecular flexibility index (Phi) is 6.33. The predicted molar refractivity (Wildman–Crippen MR) is 115 cm³/mol. The van der Waals surface area contributed by atoms with Crippen LogP contribution in [0.25, 0.3) is 0 Å². The van der Waals surface area contributed by atoms with Gasteiger partial charge in [0.05, 0.1) is 5.69 Å². The highest BCUT2D eigenvalue weighted by Crippen LogP contribution is 2.30. The number of para-hydroxylation sites is 3. The Morgan fingerprint density at radius 3 is 2.36 bits per heavy atom. The molecule has 28 heavy (non-hydrogen) atoms. The number of hydrogen-bond acceptors (Lipinski definition) is 3. The molecular weight excluding hydrogens is 348 g/mol. The van der Waals surface area contributed by atoms with Crippen LogP contribution in [0.3, 0.4) is 0 Å². The summed E-state index contributed by atoms with van der Waals surface area (Å²) in [5, 5.41) is 3.44. The van der Waals surface area contributed by atoms with Crippen LogP contribution in [0.15, 0.2) is 72.8 Å². The van der Waals surface area contributed by atoms with Crippen LogP contribution >= 0.6 is 0 Å². The van der Waals surface area contributed by atoms with Gasteiger partial charge in [-0.15, -0.1) is 0 Å². The van der Waals surface area contributed by atoms with Crippen molar-refractivity contribution in [3.63, 3.8) is 0 Å². The molecule has 0 fully saturated rings. The van der Waals surface area contributed by atoms with Gasteiger partial charge in [0.15, 0.2) is 5.75 Å². The first-order valence-corrected chi connectivity index (χ1v) is 9.50. The van der Waals surface area contributed by atoms with Gasteiger partial charge in [0.1, 0.15) is 5.75 Å². The molecule has 0 aromatic heterocycles. The van der Waals surface area contributed by atoms with Gasteiger partial charge in [-0.25, -0.2) is 0 Å². The maximum atomic E-state index is 11.8. The highest BCUT2D eigenvalue weighted by atomic mass is 16.5. The lowest BCUT2D eigenvalue weighted by molar-refractivity contribution is -0.116. The maximum Gasteiger partial charge on any atom is 0.223 e. The molecule has 0 aliphatic carbocycles. The lowest BCUT2D eigenvalue weighted by Crippen LogP contribution is -2.24. The van der Waals surface area contributed by atoms with Gasteiger partial charge < -0.3 is 15.0 Å². The second-order valence-electron chi connectivity index (χ2n) is 6.66. The molecule has 4 heteroatoms. The van der Waals surface area contributed by atoms with E-state index in [1.54, 1.807) is 18.9 Å². The van der Waals surface area contributed by atoms with E-state index in [0.717, 1.165) is 34.9 Å². The van der Waals surface area contributed by atoms with E-state index in [0.29, 0.717) is 6.54 Å². The molecule has 4 nitrogen and oxygen atoms in total. The Balaban J connectivity index is 1.76. The Hall–Kier alpha value is -3.27. The summed E-state index contributed by atoms with van der Waals surface area (Å²) in [5.74, 6) is 1.58. The first-order valence-electron chi connectivity index (χ1n) is 9.50. The quantitative estimate of drug-likeness (QED) is 0.582. The number of anilines is 2. The third-order valence-corrected chi connectivity index (χ3v) is 4.74. The summed E-state index contributed by atoms with van der Waals surface area (Å²) < 4.78 is 6.09. The van der Waals surface area contributed by atoms with E-state index < -0.39 is 0 Å². The Labute approximate surface area is 166 Å². The van der Waals surface area contributed by atoms with Gasteiger partial charge in [0, 0.05) is 26.2 Å². The van der Waals surface area contributed by atoms with Crippen molar-refractivity contribution in [3.05, 3.63) is 83.9 Å². The SMILES string of the molecule is CCc1ccc(Oc2ccccc2NCc2ccccc2N(C)C(C)=O)cc1. The molecule has 3 aromatic carbocycles. The third kappa shape index (κ3) is 4.71. The molecule has 0 aliphatic heterocycles. The fourth-order valence-electron chi connectivity index (χ4n) is 2.97. The average Bonchev–Trinajstić information content (AvgIpc) is 2.73. The van der Waals surface area contributed by atoms with E-state index in [1.807, 2.05) is 60.7 Å². The Bertz CT molecular complexity index is 935. The standard InChI is InChI=1S/C24H26N2O2/c1-4-19-13-15-21(16-14-19)28-24-12-8-6-10-22(24)25-17-20-9-5-7-11-23(20)26(3)18(2)27/h5-16,25H,4,17H2,1-3H3. The van der Waals surface area contributed by atoms with Crippen LogP contribution in [0.5, 0.6) is 11.5 Å². The number of rotatable bonds is 7. The second kappa shape index (κ2) is 9.09. The van der Waals surface area contributed by atoms with Crippen LogP contribution in [0, 0.1) is 0 Å². The molecule has 0 atom stereocenters. The fraction of sp³-hybridized carbons (Fsp3) is 0.208. The maximum absolute atomic E-state index is 11.8. The first-order chi connectivity index (χ1) is 13.6. The van der Waals surface area contributed by atoms with Gasteiger partial charge in [-0.2, -0.15) is 0 Å². The summed E-state index contributed by atoms with van der Waals surface area (Å²) in [4.78, 5) is 13.4. The zero-order valence-corrected chi connectivity index (χ0v) is 16.6. The van der Waals surface area contributed by atoms with Gasteiger partial charge in [0.2, 0.25) is 5.91 Å². The number of hydrogen-bond donors (Lipinski definition) is 1. The third-order valence-electron chi connectivity index (χ3n) is 4.74. The monoisotopic (exact) mass is 374 g/mol. The molecule has 1 amide bonds. The van der Waals surface area contributed by atoms with Crippen molar-refractivity contribution in [2.24, 2.45) is 0 Å². The minimum atomic E-state index is 0.00621. The molecule has 1 N–H and O–H groups in total. The molecule has 0 aliphatic rings. The second-order valence-corrected chi connectivity index (χ2v) is 6.66. The van der Waals surface area contributed by atoms with Crippen molar-refractivity contribution in [3.8, 4) is 11.5 Å². The van der Waals surface area contributed by atoms with Gasteiger partial charge in [-0.1, -0.05) is 49.4 Å². The molecule has 0 radical (unpaired) electrons. The number of nitrogens with one attached hydrogen (secondary N) is 1. The van der Waals surface area contributed by atoms with E-state index >= 15 is 0 Å². The van der Waals surface area contributed by atoms with Crippen LogP contribution < -0.4 is 15.0 Å². The fourth-order valence-corrected chi connectivity index (χ4v) is 2.97. The summed E-state index contributed by atoms with van der Waals surface area (Å²) in [5.41, 5.74) is 4.13. The topological polar surface area (TPSA) is 41.6 Å². The molecule has 3 rings (SSSR count). The van der Waals surface area contributed by atoms with Crippen molar-refractivity contribution >= 4 is 17.3 Å². The number of nitrogens with zero attached hydrogens (tertiary/aromatic N) is 1. The molecule has 0 saturated heterocycles. The van der Waals surface area contributed by atoms with Gasteiger partial charge in [-0.3, -0.25) is 4.79 Å². The van der Waals surface area contributed by atoms with Gasteiger partial charge in [-0.05, 0) is 47.9 Å². The van der Waals surface area contributed by atoms with E-state index in [-0.39, 0.29) is 5.91 Å². The summed E-state index contributed by atoms with van der Waals surface area (Å²) in [6, 6.07) is 23.9. The number of carbonyl (C=O) groups excluding carboxylic acids is 1. The van der Waals surface area contributed by atoms with Gasteiger partial charge in [0.25, 0.3) is 0 Å². The van der Waals surface area contributed by atoms with E-state index in [2.05, 4.69) is 24.4 Å². The van der Waals surface area contributed by atoms with Crippen LogP contribution in [-0.4, -0.2) is 13.0 Å². The molecule has 0 spiro atoms. The van der Waals surface area contributed by atoms with Crippen LogP contribution in [-0.2, 0) is 17.8 Å². The average molecular weight is 374 g/mol. The zero-order valence-electron chi connectivity index (χ0n) is 16.6. The lowest BCUT2D eigenvalue weighted by atomic mass is 10.1. The van der Waals surface area contributed by atoms with Crippen molar-refractivity contribution in [1.29, 1.82) is 0 Å². The number of benzene rings is 3. The number of ether oxygens (including phenoxy) is 1. The highest BCUT2D eigenvalue weighted by Gasteiger charge is 2.11. The van der Waals surface area contributed by atoms with E-state index in [4.69, 9.17) is 4.74 Å². The van der Waals surface area contributed by atoms with Crippen LogP contribution in [0.4, 0.5) is 11.4 Å². The Morgan fingerprint density at radius 2 is 1.64 bits per heavy atom. The summed E-state index contributed by atoms with van der Waals surface area (Å²) in [7, 11) is 1.79. The summed E-state index contributed by atoms with van der Waals surface area (Å²) in [6.07, 6.45) is 1.01. The number of aryl methyl sites for hydroxylation is 1. The van der Waals surface area contributed by atoms with Crippen LogP contribution in [0.1, 0.15) is 25.0 Å². The number of amides is 1. The van der Waals surface area contributed by atoms with Crippen molar-refractivity contribution in [1.82, 2.24) is 0 Å². The van der Waals surface area contributed by atoms with Crippen molar-refractivity contribution < 1.29 is 9.53 Å². The summed E-state index contributed by atoms with van der Waals surface area (Å²) >= 11 is 0. The zero-order chi connectivity index (χ0) is 19.9. The van der Waals surface area contributed by atoms with Crippen molar-refractivity contribution in [2.75, 3.05) is 17.3 Å². The summed E-state index contributed by atoms with van der Waals surface area (Å²) in [6.45, 7) is 4.29. The van der Waals surface area contributed by atoms with Crippen LogP contribution in [0.2, 0.25) is 0 Å². The minimum absolute atomic E-state index is 0.00621. The largest absolute Gasteiger partial charge is 0.455 e. The molecule has 0 unspecified atom stereocenters. The normalized spacial score (nSPS) is 10.4. The van der Waals surface area contributed by atoms with Gasteiger partial charge >= 0.3 is 0 Å². The Morgan fingerprint density at radius 1 is 0.964 bits per heavy atom.